The van der Waals surface area contributed by atoms with Gasteiger partial charge in [-0.15, -0.1) is 0 Å². The average Bonchev–Trinajstić information content (AvgIpc) is 3.15. The fourth-order valence-electron chi connectivity index (χ4n) is 3.59. The van der Waals surface area contributed by atoms with Gasteiger partial charge >= 0.3 is 5.69 Å². The first-order valence-corrected chi connectivity index (χ1v) is 10.8. The molecule has 1 aromatic carbocycles. The van der Waals surface area contributed by atoms with E-state index in [4.69, 9.17) is 9.47 Å². The van der Waals surface area contributed by atoms with Gasteiger partial charge < -0.3 is 19.1 Å². The Morgan fingerprint density at radius 3 is 2.16 bits per heavy atom. The fourth-order valence-corrected chi connectivity index (χ4v) is 3.59. The van der Waals surface area contributed by atoms with Crippen LogP contribution in [0.2, 0.25) is 0 Å². The first-order chi connectivity index (χ1) is 15.2. The predicted octanol–water partition coefficient (Wildman–Crippen LogP) is 2.12. The number of aromatic nitrogens is 4. The van der Waals surface area contributed by atoms with Crippen LogP contribution < -0.4 is 20.7 Å². The van der Waals surface area contributed by atoms with E-state index < -0.39 is 17.4 Å². The van der Waals surface area contributed by atoms with Crippen molar-refractivity contribution in [3.63, 3.8) is 0 Å². The normalized spacial score (nSPS) is 12.6. The van der Waals surface area contributed by atoms with Gasteiger partial charge in [0.2, 0.25) is 0 Å². The van der Waals surface area contributed by atoms with E-state index in [0.717, 1.165) is 4.57 Å². The minimum absolute atomic E-state index is 0.0638. The highest BCUT2D eigenvalue weighted by molar-refractivity contribution is 5.70. The molecule has 2 heterocycles. The van der Waals surface area contributed by atoms with Gasteiger partial charge in [0, 0.05) is 13.1 Å². The second-order valence-electron chi connectivity index (χ2n) is 8.81. The molecule has 9 heteroatoms. The quantitative estimate of drug-likeness (QED) is 0.514. The Morgan fingerprint density at radius 2 is 1.56 bits per heavy atom. The number of ether oxygens (including phenoxy) is 2. The SMILES string of the molecule is COc1ccc(OCC(O)Cn2c(=O)c3c(ncn3CC(C)C)n(CC(C)C)c2=O)cc1. The summed E-state index contributed by atoms with van der Waals surface area (Å²) in [6, 6.07) is 6.95. The Kier molecular flexibility index (Phi) is 7.40. The fraction of sp³-hybridized carbons (Fsp3) is 0.522. The number of methoxy groups -OCH3 is 1. The van der Waals surface area contributed by atoms with Gasteiger partial charge in [-0.2, -0.15) is 0 Å². The number of rotatable bonds is 10. The van der Waals surface area contributed by atoms with Crippen LogP contribution in [0.5, 0.6) is 11.5 Å². The first-order valence-electron chi connectivity index (χ1n) is 10.8. The number of imidazole rings is 1. The van der Waals surface area contributed by atoms with Crippen molar-refractivity contribution in [3.8, 4) is 11.5 Å². The lowest BCUT2D eigenvalue weighted by atomic mass is 10.2. The second-order valence-corrected chi connectivity index (χ2v) is 8.81. The van der Waals surface area contributed by atoms with E-state index in [1.807, 2.05) is 13.8 Å². The lowest BCUT2D eigenvalue weighted by molar-refractivity contribution is 0.0901. The number of benzene rings is 1. The van der Waals surface area contributed by atoms with Gasteiger partial charge in [0.05, 0.1) is 20.0 Å². The van der Waals surface area contributed by atoms with Crippen molar-refractivity contribution in [2.75, 3.05) is 13.7 Å². The van der Waals surface area contributed by atoms with Gasteiger partial charge in [-0.25, -0.2) is 9.78 Å². The summed E-state index contributed by atoms with van der Waals surface area (Å²) in [6.07, 6.45) is 0.560. The number of hydrogen-bond donors (Lipinski definition) is 1. The van der Waals surface area contributed by atoms with Crippen LogP contribution in [0.1, 0.15) is 27.7 Å². The summed E-state index contributed by atoms with van der Waals surface area (Å²) >= 11 is 0. The average molecular weight is 445 g/mol. The van der Waals surface area contributed by atoms with E-state index in [9.17, 15) is 14.7 Å². The van der Waals surface area contributed by atoms with Crippen molar-refractivity contribution < 1.29 is 14.6 Å². The van der Waals surface area contributed by atoms with E-state index >= 15 is 0 Å². The maximum absolute atomic E-state index is 13.3. The van der Waals surface area contributed by atoms with Crippen LogP contribution in [0.3, 0.4) is 0 Å². The molecule has 0 spiro atoms. The van der Waals surface area contributed by atoms with Gasteiger partial charge in [0.15, 0.2) is 11.2 Å². The molecule has 3 aromatic rings. The molecule has 2 aromatic heterocycles. The molecule has 3 rings (SSSR count). The van der Waals surface area contributed by atoms with Crippen LogP contribution >= 0.6 is 0 Å². The number of nitrogens with zero attached hydrogens (tertiary/aromatic N) is 4. The maximum Gasteiger partial charge on any atom is 0.332 e. The third-order valence-electron chi connectivity index (χ3n) is 4.99. The van der Waals surface area contributed by atoms with Gasteiger partial charge in [-0.05, 0) is 36.1 Å². The van der Waals surface area contributed by atoms with E-state index in [0.29, 0.717) is 41.7 Å². The third kappa shape index (κ3) is 5.21. The number of aliphatic hydroxyl groups is 1. The number of aliphatic hydroxyl groups excluding tert-OH is 1. The zero-order chi connectivity index (χ0) is 23.4. The molecular formula is C23H32N4O5. The van der Waals surface area contributed by atoms with Crippen molar-refractivity contribution in [2.24, 2.45) is 11.8 Å². The molecule has 0 radical (unpaired) electrons. The van der Waals surface area contributed by atoms with Crippen LogP contribution in [0, 0.1) is 11.8 Å². The van der Waals surface area contributed by atoms with Crippen molar-refractivity contribution in [1.29, 1.82) is 0 Å². The highest BCUT2D eigenvalue weighted by Gasteiger charge is 2.21. The lowest BCUT2D eigenvalue weighted by Gasteiger charge is -2.17. The van der Waals surface area contributed by atoms with Crippen LogP contribution in [-0.2, 0) is 19.6 Å². The molecule has 0 aliphatic carbocycles. The highest BCUT2D eigenvalue weighted by Crippen LogP contribution is 2.17. The number of hydrogen-bond acceptors (Lipinski definition) is 6. The Balaban J connectivity index is 1.91. The molecule has 1 atom stereocenters. The summed E-state index contributed by atoms with van der Waals surface area (Å²) in [6.45, 7) is 8.89. The van der Waals surface area contributed by atoms with Crippen LogP contribution in [-0.4, -0.2) is 43.6 Å². The highest BCUT2D eigenvalue weighted by atomic mass is 16.5. The maximum atomic E-state index is 13.3. The van der Waals surface area contributed by atoms with Crippen LogP contribution in [0.4, 0.5) is 0 Å². The molecular weight excluding hydrogens is 412 g/mol. The molecule has 1 unspecified atom stereocenters. The summed E-state index contributed by atoms with van der Waals surface area (Å²) in [7, 11) is 1.58. The standard InChI is InChI=1S/C23H32N4O5/c1-15(2)10-25-14-24-21-20(25)22(29)27(23(30)26(21)11-16(3)4)12-17(28)13-32-19-8-6-18(31-5)7-9-19/h6-9,14-17,28H,10-13H2,1-5H3. The minimum atomic E-state index is -1.05. The van der Waals surface area contributed by atoms with Crippen molar-refractivity contribution in [2.45, 2.75) is 53.4 Å². The Morgan fingerprint density at radius 1 is 0.938 bits per heavy atom. The third-order valence-corrected chi connectivity index (χ3v) is 4.99. The smallest absolute Gasteiger partial charge is 0.332 e. The zero-order valence-corrected chi connectivity index (χ0v) is 19.3. The number of fused-ring (bicyclic) bond motifs is 1. The van der Waals surface area contributed by atoms with Crippen LogP contribution in [0.25, 0.3) is 11.2 Å². The Hall–Kier alpha value is -3.07. The summed E-state index contributed by atoms with van der Waals surface area (Å²) in [4.78, 5) is 30.8. The second kappa shape index (κ2) is 10.0. The van der Waals surface area contributed by atoms with E-state index in [-0.39, 0.29) is 19.1 Å². The summed E-state index contributed by atoms with van der Waals surface area (Å²) in [5.41, 5.74) is -0.169. The zero-order valence-electron chi connectivity index (χ0n) is 19.3. The molecule has 0 amide bonds. The van der Waals surface area contributed by atoms with E-state index in [1.165, 1.54) is 4.57 Å². The van der Waals surface area contributed by atoms with Crippen LogP contribution in [0.15, 0.2) is 40.2 Å². The monoisotopic (exact) mass is 444 g/mol. The molecule has 9 nitrogen and oxygen atoms in total. The van der Waals surface area contributed by atoms with Crippen molar-refractivity contribution in [3.05, 3.63) is 51.4 Å². The molecule has 0 aliphatic heterocycles. The summed E-state index contributed by atoms with van der Waals surface area (Å²) in [5.74, 6) is 1.73. The molecule has 0 aliphatic rings. The van der Waals surface area contributed by atoms with Gasteiger partial charge in [-0.1, -0.05) is 27.7 Å². The largest absolute Gasteiger partial charge is 0.497 e. The molecule has 32 heavy (non-hydrogen) atoms. The molecule has 0 bridgehead atoms. The summed E-state index contributed by atoms with van der Waals surface area (Å²) < 4.78 is 15.1. The summed E-state index contributed by atoms with van der Waals surface area (Å²) in [5, 5.41) is 10.5. The predicted molar refractivity (Wildman–Crippen MR) is 122 cm³/mol. The van der Waals surface area contributed by atoms with Crippen molar-refractivity contribution >= 4 is 11.2 Å². The Labute approximate surface area is 186 Å². The minimum Gasteiger partial charge on any atom is -0.497 e. The first kappa shape index (κ1) is 23.6. The van der Waals surface area contributed by atoms with Gasteiger partial charge in [-0.3, -0.25) is 13.9 Å². The Bertz CT molecular complexity index is 1160. The molecule has 0 fully saturated rings. The van der Waals surface area contributed by atoms with Gasteiger partial charge in [0.1, 0.15) is 24.2 Å². The van der Waals surface area contributed by atoms with Crippen molar-refractivity contribution in [1.82, 2.24) is 18.7 Å². The lowest BCUT2D eigenvalue weighted by Crippen LogP contribution is -2.44. The molecule has 0 saturated heterocycles. The molecule has 174 valence electrons. The van der Waals surface area contributed by atoms with E-state index in [2.05, 4.69) is 18.8 Å². The topological polar surface area (TPSA) is 101 Å². The molecule has 1 N–H and O–H groups in total. The molecule has 0 saturated carbocycles. The van der Waals surface area contributed by atoms with E-state index in [1.54, 1.807) is 42.3 Å². The van der Waals surface area contributed by atoms with Gasteiger partial charge in [0.25, 0.3) is 5.56 Å².